The number of hydrogen-bond donors (Lipinski definition) is 2. The number of aliphatic hydroxyl groups is 1. The molecule has 94 valence electrons. The lowest BCUT2D eigenvalue weighted by Gasteiger charge is -2.12. The zero-order valence-electron chi connectivity index (χ0n) is 9.87. The number of para-hydroxylation sites is 1. The number of ether oxygens (including phenoxy) is 1. The summed E-state index contributed by atoms with van der Waals surface area (Å²) < 4.78 is 18.5. The molecule has 5 heteroatoms. The second kappa shape index (κ2) is 6.20. The summed E-state index contributed by atoms with van der Waals surface area (Å²) in [6.07, 6.45) is 0. The number of aliphatic hydroxyl groups excluding tert-OH is 1. The number of nitrogens with one attached hydrogen (secondary N) is 1. The van der Waals surface area contributed by atoms with Crippen LogP contribution < -0.4 is 10.1 Å². The van der Waals surface area contributed by atoms with Crippen LogP contribution in [0.4, 0.5) is 4.39 Å². The number of rotatable bonds is 5. The zero-order valence-corrected chi connectivity index (χ0v) is 9.87. The maximum absolute atomic E-state index is 13.4. The van der Waals surface area contributed by atoms with Crippen LogP contribution >= 0.6 is 0 Å². The van der Waals surface area contributed by atoms with E-state index in [9.17, 15) is 9.18 Å². The van der Waals surface area contributed by atoms with Crippen molar-refractivity contribution < 1.29 is 19.0 Å². The minimum absolute atomic E-state index is 0.00373. The Kier molecular flexibility index (Phi) is 4.90. The third-order valence-electron chi connectivity index (χ3n) is 2.02. The first-order chi connectivity index (χ1) is 8.04. The molecule has 0 saturated carbocycles. The summed E-state index contributed by atoms with van der Waals surface area (Å²) in [7, 11) is 0. The zero-order chi connectivity index (χ0) is 12.8. The molecule has 1 rings (SSSR count). The molecule has 4 nitrogen and oxygen atoms in total. The molecule has 0 fully saturated rings. The van der Waals surface area contributed by atoms with Crippen molar-refractivity contribution >= 4 is 5.91 Å². The maximum Gasteiger partial charge on any atom is 0.258 e. The van der Waals surface area contributed by atoms with E-state index in [1.54, 1.807) is 6.07 Å². The van der Waals surface area contributed by atoms with Crippen molar-refractivity contribution in [3.63, 3.8) is 0 Å². The predicted octanol–water partition coefficient (Wildman–Crippen LogP) is 1.22. The topological polar surface area (TPSA) is 58.6 Å². The summed E-state index contributed by atoms with van der Waals surface area (Å²) in [4.78, 5) is 11.3. The first-order valence-electron chi connectivity index (χ1n) is 5.35. The molecule has 0 aliphatic rings. The number of carbonyl (C=O) groups is 1. The van der Waals surface area contributed by atoms with E-state index >= 15 is 0 Å². The number of carbonyl (C=O) groups excluding carboxylic acids is 1. The Hall–Kier alpha value is -1.62. The van der Waals surface area contributed by atoms with Crippen molar-refractivity contribution in [2.45, 2.75) is 26.5 Å². The Morgan fingerprint density at radius 1 is 1.53 bits per heavy atom. The van der Waals surface area contributed by atoms with Crippen LogP contribution in [0, 0.1) is 5.82 Å². The molecule has 0 atom stereocenters. The van der Waals surface area contributed by atoms with Crippen LogP contribution in [0.1, 0.15) is 19.4 Å². The molecule has 0 spiro atoms. The molecule has 0 aromatic heterocycles. The van der Waals surface area contributed by atoms with Crippen molar-refractivity contribution in [1.82, 2.24) is 5.32 Å². The summed E-state index contributed by atoms with van der Waals surface area (Å²) in [5.41, 5.74) is 0.322. The predicted molar refractivity (Wildman–Crippen MR) is 61.1 cm³/mol. The lowest BCUT2D eigenvalue weighted by atomic mass is 10.2. The van der Waals surface area contributed by atoms with Gasteiger partial charge in [-0.1, -0.05) is 12.1 Å². The summed E-state index contributed by atoms with van der Waals surface area (Å²) in [6.45, 7) is 3.03. The van der Waals surface area contributed by atoms with Gasteiger partial charge in [0, 0.05) is 11.6 Å². The molecule has 0 aliphatic carbocycles. The normalized spacial score (nSPS) is 10.4. The highest BCUT2D eigenvalue weighted by Crippen LogP contribution is 2.22. The smallest absolute Gasteiger partial charge is 0.258 e. The van der Waals surface area contributed by atoms with Crippen LogP contribution in [0.15, 0.2) is 18.2 Å². The highest BCUT2D eigenvalue weighted by Gasteiger charge is 2.11. The average Bonchev–Trinajstić information content (AvgIpc) is 2.26. The minimum atomic E-state index is -0.589. The Labute approximate surface area is 99.4 Å². The highest BCUT2D eigenvalue weighted by molar-refractivity contribution is 5.77. The van der Waals surface area contributed by atoms with E-state index < -0.39 is 5.82 Å². The van der Waals surface area contributed by atoms with Crippen LogP contribution in [-0.4, -0.2) is 23.7 Å². The third kappa shape index (κ3) is 4.03. The summed E-state index contributed by atoms with van der Waals surface area (Å²) >= 11 is 0. The molecule has 0 saturated heterocycles. The van der Waals surface area contributed by atoms with Crippen molar-refractivity contribution in [3.8, 4) is 5.75 Å². The quantitative estimate of drug-likeness (QED) is 0.815. The van der Waals surface area contributed by atoms with Gasteiger partial charge in [0.15, 0.2) is 18.2 Å². The third-order valence-corrected chi connectivity index (χ3v) is 2.02. The SMILES string of the molecule is CC(C)NC(=O)COc1c(F)cccc1CO. The van der Waals surface area contributed by atoms with Crippen LogP contribution in [0.5, 0.6) is 5.75 Å². The van der Waals surface area contributed by atoms with Gasteiger partial charge in [-0.3, -0.25) is 4.79 Å². The van der Waals surface area contributed by atoms with Gasteiger partial charge in [0.2, 0.25) is 0 Å². The minimum Gasteiger partial charge on any atom is -0.480 e. The molecular weight excluding hydrogens is 225 g/mol. The van der Waals surface area contributed by atoms with Gasteiger partial charge in [-0.15, -0.1) is 0 Å². The average molecular weight is 241 g/mol. The highest BCUT2D eigenvalue weighted by atomic mass is 19.1. The number of amides is 1. The molecule has 0 unspecified atom stereocenters. The van der Waals surface area contributed by atoms with Gasteiger partial charge in [-0.25, -0.2) is 4.39 Å². The molecule has 2 N–H and O–H groups in total. The Balaban J connectivity index is 2.65. The van der Waals surface area contributed by atoms with Gasteiger partial charge < -0.3 is 15.2 Å². The van der Waals surface area contributed by atoms with Crippen LogP contribution in [0.3, 0.4) is 0 Å². The molecule has 1 amide bonds. The van der Waals surface area contributed by atoms with Crippen molar-refractivity contribution in [2.75, 3.05) is 6.61 Å². The monoisotopic (exact) mass is 241 g/mol. The maximum atomic E-state index is 13.4. The fourth-order valence-electron chi connectivity index (χ4n) is 1.34. The van der Waals surface area contributed by atoms with Crippen LogP contribution in [0.2, 0.25) is 0 Å². The number of hydrogen-bond acceptors (Lipinski definition) is 3. The van der Waals surface area contributed by atoms with E-state index in [0.717, 1.165) is 0 Å². The first kappa shape index (κ1) is 13.4. The molecular formula is C12H16FNO3. The Morgan fingerprint density at radius 2 is 2.24 bits per heavy atom. The molecule has 1 aromatic rings. The van der Waals surface area contributed by atoms with E-state index in [0.29, 0.717) is 5.56 Å². The van der Waals surface area contributed by atoms with Crippen molar-refractivity contribution in [2.24, 2.45) is 0 Å². The van der Waals surface area contributed by atoms with Gasteiger partial charge in [0.1, 0.15) is 0 Å². The Bertz CT molecular complexity index is 393. The molecule has 0 radical (unpaired) electrons. The van der Waals surface area contributed by atoms with E-state index in [1.807, 2.05) is 13.8 Å². The number of halogens is 1. The van der Waals surface area contributed by atoms with Gasteiger partial charge in [-0.05, 0) is 19.9 Å². The second-order valence-electron chi connectivity index (χ2n) is 3.90. The lowest BCUT2D eigenvalue weighted by molar-refractivity contribution is -0.123. The van der Waals surface area contributed by atoms with E-state index in [4.69, 9.17) is 9.84 Å². The van der Waals surface area contributed by atoms with Crippen LogP contribution in [0.25, 0.3) is 0 Å². The van der Waals surface area contributed by atoms with Gasteiger partial charge in [0.25, 0.3) is 5.91 Å². The Morgan fingerprint density at radius 3 is 2.82 bits per heavy atom. The van der Waals surface area contributed by atoms with E-state index in [-0.39, 0.29) is 30.9 Å². The molecule has 1 aromatic carbocycles. The fraction of sp³-hybridized carbons (Fsp3) is 0.417. The van der Waals surface area contributed by atoms with Crippen LogP contribution in [-0.2, 0) is 11.4 Å². The number of benzene rings is 1. The fourth-order valence-corrected chi connectivity index (χ4v) is 1.34. The second-order valence-corrected chi connectivity index (χ2v) is 3.90. The van der Waals surface area contributed by atoms with E-state index in [1.165, 1.54) is 12.1 Å². The summed E-state index contributed by atoms with van der Waals surface area (Å²) in [5, 5.41) is 11.6. The molecule has 0 aliphatic heterocycles. The van der Waals surface area contributed by atoms with Crippen molar-refractivity contribution in [1.29, 1.82) is 0 Å². The molecule has 17 heavy (non-hydrogen) atoms. The summed E-state index contributed by atoms with van der Waals surface area (Å²) in [5.74, 6) is -0.991. The first-order valence-corrected chi connectivity index (χ1v) is 5.35. The lowest BCUT2D eigenvalue weighted by Crippen LogP contribution is -2.34. The van der Waals surface area contributed by atoms with E-state index in [2.05, 4.69) is 5.32 Å². The standard InChI is InChI=1S/C12H16FNO3/c1-8(2)14-11(16)7-17-12-9(6-15)4-3-5-10(12)13/h3-5,8,15H,6-7H2,1-2H3,(H,14,16). The summed E-state index contributed by atoms with van der Waals surface area (Å²) in [6, 6.07) is 4.24. The van der Waals surface area contributed by atoms with Gasteiger partial charge in [-0.2, -0.15) is 0 Å². The molecule has 0 heterocycles. The molecule has 0 bridgehead atoms. The largest absolute Gasteiger partial charge is 0.480 e. The van der Waals surface area contributed by atoms with Crippen molar-refractivity contribution in [3.05, 3.63) is 29.6 Å². The van der Waals surface area contributed by atoms with Gasteiger partial charge in [0.05, 0.1) is 6.61 Å². The van der Waals surface area contributed by atoms with Gasteiger partial charge >= 0.3 is 0 Å².